The number of rotatable bonds is 12. The standard InChI is InChI=1S/C19H30O5/c1-14-15(12-10-8-6-4-5-7-9-11-13-20)17(22)19(24-3)18(23-2)16(14)21/h20H,4-13H2,1-3H3/i1D3,2D3,3D3,11D2. The number of carbonyl (C=O) groups excluding carboxylic acids is 2. The van der Waals surface area contributed by atoms with Crippen molar-refractivity contribution in [2.45, 2.75) is 64.6 Å². The smallest absolute Gasteiger partial charge is 0.228 e. The molecule has 0 heterocycles. The first-order valence-corrected chi connectivity index (χ1v) is 7.85. The number of allylic oxidation sites excluding steroid dienone is 2. The van der Waals surface area contributed by atoms with Gasteiger partial charge in [-0.1, -0.05) is 38.5 Å². The average Bonchev–Trinajstić information content (AvgIpc) is 2.67. The van der Waals surface area contributed by atoms with Gasteiger partial charge >= 0.3 is 0 Å². The van der Waals surface area contributed by atoms with Crippen molar-refractivity contribution in [3.63, 3.8) is 0 Å². The molecule has 5 nitrogen and oxygen atoms in total. The molecule has 0 spiro atoms. The Morgan fingerprint density at radius 3 is 2.08 bits per heavy atom. The van der Waals surface area contributed by atoms with Gasteiger partial charge in [-0.15, -0.1) is 0 Å². The Morgan fingerprint density at radius 1 is 0.917 bits per heavy atom. The number of unbranched alkanes of at least 4 members (excludes halogenated alkanes) is 5. The molecule has 0 aromatic carbocycles. The van der Waals surface area contributed by atoms with Crippen LogP contribution in [0.5, 0.6) is 0 Å². The van der Waals surface area contributed by atoms with Crippen LogP contribution in [0.3, 0.4) is 0 Å². The Kier molecular flexibility index (Phi) is 4.22. The summed E-state index contributed by atoms with van der Waals surface area (Å²) in [5.41, 5.74) is -1.39. The van der Waals surface area contributed by atoms with E-state index in [9.17, 15) is 9.59 Å². The minimum atomic E-state index is -3.28. The number of aliphatic hydroxyl groups excluding tert-OH is 1. The Morgan fingerprint density at radius 2 is 1.50 bits per heavy atom. The molecular weight excluding hydrogens is 308 g/mol. The summed E-state index contributed by atoms with van der Waals surface area (Å²) < 4.78 is 90.4. The maximum atomic E-state index is 13.0. The van der Waals surface area contributed by atoms with Crippen LogP contribution < -0.4 is 0 Å². The van der Waals surface area contributed by atoms with Crippen molar-refractivity contribution < 1.29 is 39.2 Å². The second-order valence-corrected chi connectivity index (χ2v) is 5.40. The van der Waals surface area contributed by atoms with Crippen molar-refractivity contribution in [3.8, 4) is 0 Å². The molecule has 0 unspecified atom stereocenters. The molecule has 0 fully saturated rings. The Balaban J connectivity index is 3.00. The van der Waals surface area contributed by atoms with Gasteiger partial charge < -0.3 is 14.6 Å². The summed E-state index contributed by atoms with van der Waals surface area (Å²) >= 11 is 0. The first-order chi connectivity index (χ1) is 15.8. The number of hydrogen-bond acceptors (Lipinski definition) is 5. The highest BCUT2D eigenvalue weighted by molar-refractivity contribution is 6.23. The van der Waals surface area contributed by atoms with Gasteiger partial charge in [0.15, 0.2) is 0 Å². The summed E-state index contributed by atoms with van der Waals surface area (Å²) in [5, 5.41) is 8.91. The summed E-state index contributed by atoms with van der Waals surface area (Å²) in [6.45, 7) is -3.65. The number of hydrogen-bond donors (Lipinski definition) is 1. The first kappa shape index (κ1) is 9.18. The van der Waals surface area contributed by atoms with E-state index in [4.69, 9.17) is 20.2 Å². The van der Waals surface area contributed by atoms with Crippen molar-refractivity contribution >= 4 is 11.6 Å². The maximum Gasteiger partial charge on any atom is 0.228 e. The molecule has 136 valence electrons. The van der Waals surface area contributed by atoms with Crippen LogP contribution in [0.15, 0.2) is 22.7 Å². The molecule has 1 rings (SSSR count). The molecule has 5 heteroatoms. The molecule has 0 aliphatic heterocycles. The predicted molar refractivity (Wildman–Crippen MR) is 92.4 cm³/mol. The van der Waals surface area contributed by atoms with Crippen LogP contribution in [-0.2, 0) is 19.1 Å². The molecule has 0 aromatic heterocycles. The van der Waals surface area contributed by atoms with Crippen molar-refractivity contribution in [2.75, 3.05) is 20.7 Å². The molecule has 0 saturated carbocycles. The number of carbonyl (C=O) groups is 2. The van der Waals surface area contributed by atoms with Crippen molar-refractivity contribution in [3.05, 3.63) is 22.7 Å². The molecule has 1 N–H and O–H groups in total. The maximum absolute atomic E-state index is 13.0. The normalized spacial score (nSPS) is 24.3. The topological polar surface area (TPSA) is 72.8 Å². The van der Waals surface area contributed by atoms with E-state index < -0.39 is 68.1 Å². The Hall–Kier alpha value is -1.62. The summed E-state index contributed by atoms with van der Waals surface area (Å²) in [6, 6.07) is 0. The number of methoxy groups -OCH3 is 2. The fraction of sp³-hybridized carbons (Fsp3) is 0.684. The Labute approximate surface area is 160 Å². The van der Waals surface area contributed by atoms with Gasteiger partial charge in [0, 0.05) is 24.6 Å². The quantitative estimate of drug-likeness (QED) is 0.431. The van der Waals surface area contributed by atoms with E-state index in [1.54, 1.807) is 0 Å². The van der Waals surface area contributed by atoms with Gasteiger partial charge in [0.1, 0.15) is 0 Å². The van der Waals surface area contributed by atoms with Gasteiger partial charge in [-0.2, -0.15) is 0 Å². The summed E-state index contributed by atoms with van der Waals surface area (Å²) in [5.74, 6) is -5.10. The minimum absolute atomic E-state index is 0.180. The fourth-order valence-corrected chi connectivity index (χ4v) is 2.47. The molecular formula is C19H30O5. The number of ether oxygens (including phenoxy) is 2. The van der Waals surface area contributed by atoms with Crippen LogP contribution in [0.1, 0.15) is 79.7 Å². The summed E-state index contributed by atoms with van der Waals surface area (Å²) in [6.07, 6.45) is 1.89. The lowest BCUT2D eigenvalue weighted by Crippen LogP contribution is -2.25. The van der Waals surface area contributed by atoms with Crippen molar-refractivity contribution in [1.82, 2.24) is 0 Å². The molecule has 0 atom stereocenters. The van der Waals surface area contributed by atoms with E-state index in [1.807, 2.05) is 0 Å². The van der Waals surface area contributed by atoms with E-state index in [1.165, 1.54) is 0 Å². The SMILES string of the molecule is [2H]C([2H])(CO)CCCCCCCCC1=C(C([2H])([2H])[2H])C(=O)C(OC([2H])([2H])[2H])=C(OC([2H])([2H])[2H])C1=O. The van der Waals surface area contributed by atoms with E-state index in [-0.39, 0.29) is 19.3 Å². The lowest BCUT2D eigenvalue weighted by molar-refractivity contribution is -0.121. The van der Waals surface area contributed by atoms with E-state index in [2.05, 4.69) is 9.47 Å². The first-order valence-electron chi connectivity index (χ1n) is 13.4. The largest absolute Gasteiger partial charge is 0.489 e. The Bertz CT molecular complexity index is 836. The third-order valence-corrected chi connectivity index (χ3v) is 3.77. The zero-order valence-electron chi connectivity index (χ0n) is 24.4. The molecule has 0 bridgehead atoms. The van der Waals surface area contributed by atoms with Gasteiger partial charge in [-0.25, -0.2) is 0 Å². The lowest BCUT2D eigenvalue weighted by atomic mass is 9.89. The van der Waals surface area contributed by atoms with Gasteiger partial charge in [0.2, 0.25) is 23.1 Å². The van der Waals surface area contributed by atoms with Crippen molar-refractivity contribution in [1.29, 1.82) is 0 Å². The summed E-state index contributed by atoms with van der Waals surface area (Å²) in [4.78, 5) is 25.9. The molecule has 0 radical (unpaired) electrons. The van der Waals surface area contributed by atoms with Crippen LogP contribution >= 0.6 is 0 Å². The molecule has 24 heavy (non-hydrogen) atoms. The monoisotopic (exact) mass is 349 g/mol. The summed E-state index contributed by atoms with van der Waals surface area (Å²) in [7, 11) is -6.51. The molecule has 0 aromatic rings. The second kappa shape index (κ2) is 11.0. The van der Waals surface area contributed by atoms with Crippen LogP contribution in [0.2, 0.25) is 0 Å². The number of ketones is 2. The van der Waals surface area contributed by atoms with Gasteiger partial charge in [0.25, 0.3) is 0 Å². The van der Waals surface area contributed by atoms with E-state index in [0.717, 1.165) is 6.42 Å². The lowest BCUT2D eigenvalue weighted by Gasteiger charge is -2.20. The van der Waals surface area contributed by atoms with Crippen LogP contribution in [0, 0.1) is 0 Å². The predicted octanol–water partition coefficient (Wildman–Crippen LogP) is 3.46. The molecule has 0 amide bonds. The highest BCUT2D eigenvalue weighted by Gasteiger charge is 2.34. The van der Waals surface area contributed by atoms with Gasteiger partial charge in [-0.05, 0) is 26.1 Å². The third-order valence-electron chi connectivity index (χ3n) is 3.77. The second-order valence-electron chi connectivity index (χ2n) is 5.40. The molecule has 1 aliphatic rings. The highest BCUT2D eigenvalue weighted by atomic mass is 16.5. The molecule has 0 saturated heterocycles. The minimum Gasteiger partial charge on any atom is -0.489 e. The van der Waals surface area contributed by atoms with Crippen LogP contribution in [0.25, 0.3) is 0 Å². The fourth-order valence-electron chi connectivity index (χ4n) is 2.47. The van der Waals surface area contributed by atoms with E-state index in [0.29, 0.717) is 25.7 Å². The highest BCUT2D eigenvalue weighted by Crippen LogP contribution is 2.28. The zero-order chi connectivity index (χ0) is 27.2. The van der Waals surface area contributed by atoms with Crippen LogP contribution in [0.4, 0.5) is 0 Å². The number of aliphatic hydroxyl groups is 1. The molecule has 1 aliphatic carbocycles. The van der Waals surface area contributed by atoms with Gasteiger partial charge in [0.05, 0.1) is 22.3 Å². The van der Waals surface area contributed by atoms with Crippen LogP contribution in [-0.4, -0.2) is 37.4 Å². The van der Waals surface area contributed by atoms with Crippen molar-refractivity contribution in [2.24, 2.45) is 0 Å². The van der Waals surface area contributed by atoms with E-state index >= 15 is 0 Å². The number of Topliss-reactive ketones (excluding diaryl/α,β-unsaturated/α-hetero) is 2. The van der Waals surface area contributed by atoms with Gasteiger partial charge in [-0.3, -0.25) is 9.59 Å². The third kappa shape index (κ3) is 5.48. The zero-order valence-corrected chi connectivity index (χ0v) is 13.4. The average molecular weight is 350 g/mol.